The molecular weight excluding hydrogens is 270 g/mol. The first-order chi connectivity index (χ1) is 9.84. The van der Waals surface area contributed by atoms with Crippen molar-refractivity contribution in [3.63, 3.8) is 0 Å². The first-order valence-electron chi connectivity index (χ1n) is 6.49. The van der Waals surface area contributed by atoms with Crippen LogP contribution >= 0.6 is 0 Å². The largest absolute Gasteiger partial charge is 0.481 e. The van der Waals surface area contributed by atoms with E-state index in [0.717, 1.165) is 0 Å². The molecule has 2 atom stereocenters. The average molecular weight is 285 g/mol. The summed E-state index contributed by atoms with van der Waals surface area (Å²) in [6.07, 6.45) is 3.45. The summed E-state index contributed by atoms with van der Waals surface area (Å²) in [5, 5.41) is 27.9. The van der Waals surface area contributed by atoms with Crippen LogP contribution in [0, 0.1) is 16.7 Å². The van der Waals surface area contributed by atoms with Crippen molar-refractivity contribution < 1.29 is 19.8 Å². The molecule has 0 fully saturated rings. The zero-order valence-electron chi connectivity index (χ0n) is 11.5. The second kappa shape index (κ2) is 5.06. The van der Waals surface area contributed by atoms with Crippen molar-refractivity contribution in [2.75, 3.05) is 0 Å². The van der Waals surface area contributed by atoms with Crippen LogP contribution in [0.2, 0.25) is 0 Å². The van der Waals surface area contributed by atoms with Crippen LogP contribution < -0.4 is 0 Å². The van der Waals surface area contributed by atoms with Crippen LogP contribution in [-0.4, -0.2) is 22.2 Å². The molecule has 0 aliphatic heterocycles. The van der Waals surface area contributed by atoms with Crippen molar-refractivity contribution in [2.24, 2.45) is 5.41 Å². The van der Waals surface area contributed by atoms with E-state index in [1.165, 1.54) is 0 Å². The summed E-state index contributed by atoms with van der Waals surface area (Å²) in [4.78, 5) is 23.3. The minimum Gasteiger partial charge on any atom is -0.481 e. The van der Waals surface area contributed by atoms with Gasteiger partial charge in [0.2, 0.25) is 0 Å². The van der Waals surface area contributed by atoms with Crippen LogP contribution in [0.15, 0.2) is 36.4 Å². The number of rotatable bonds is 3. The fourth-order valence-corrected chi connectivity index (χ4v) is 2.74. The Morgan fingerprint density at radius 3 is 2.29 bits per heavy atom. The molecule has 0 radical (unpaired) electrons. The Kier molecular flexibility index (Phi) is 3.56. The summed E-state index contributed by atoms with van der Waals surface area (Å²) in [6.45, 7) is 1.56. The molecule has 1 aromatic rings. The first-order valence-corrected chi connectivity index (χ1v) is 6.49. The van der Waals surface area contributed by atoms with Gasteiger partial charge in [-0.05, 0) is 37.5 Å². The van der Waals surface area contributed by atoms with Gasteiger partial charge in [0.25, 0.3) is 0 Å². The van der Waals surface area contributed by atoms with E-state index in [-0.39, 0.29) is 6.42 Å². The fraction of sp³-hybridized carbons (Fsp3) is 0.312. The zero-order chi connectivity index (χ0) is 15.7. The third-order valence-corrected chi connectivity index (χ3v) is 4.07. The maximum atomic E-state index is 11.8. The molecule has 2 unspecified atom stereocenters. The van der Waals surface area contributed by atoms with Crippen LogP contribution in [0.25, 0.3) is 0 Å². The van der Waals surface area contributed by atoms with Crippen molar-refractivity contribution in [2.45, 2.75) is 25.2 Å². The molecule has 5 heteroatoms. The Hall–Kier alpha value is -2.61. The highest BCUT2D eigenvalue weighted by atomic mass is 16.4. The number of hydrogen-bond acceptors (Lipinski definition) is 3. The predicted octanol–water partition coefficient (Wildman–Crippen LogP) is 2.32. The third kappa shape index (κ3) is 2.40. The standard InChI is InChI=1S/C16H15NO4/c1-15(13(18)19)7-2-8-16(10-15,14(20)21)12-5-3-11(9-17)4-6-12/h2-6,8H,7,10H2,1H3,(H,18,19)(H,20,21). The van der Waals surface area contributed by atoms with Crippen molar-refractivity contribution >= 4 is 11.9 Å². The number of carboxylic acids is 2. The maximum Gasteiger partial charge on any atom is 0.318 e. The van der Waals surface area contributed by atoms with Crippen LogP contribution in [0.5, 0.6) is 0 Å². The van der Waals surface area contributed by atoms with Crippen LogP contribution in [0.4, 0.5) is 0 Å². The first kappa shape index (κ1) is 14.8. The molecule has 0 heterocycles. The molecular formula is C16H15NO4. The van der Waals surface area contributed by atoms with E-state index in [1.54, 1.807) is 43.3 Å². The van der Waals surface area contributed by atoms with Crippen molar-refractivity contribution in [3.8, 4) is 6.07 Å². The minimum atomic E-state index is -1.38. The van der Waals surface area contributed by atoms with Gasteiger partial charge in [0.1, 0.15) is 5.41 Å². The molecule has 2 rings (SSSR count). The summed E-state index contributed by atoms with van der Waals surface area (Å²) < 4.78 is 0. The summed E-state index contributed by atoms with van der Waals surface area (Å²) in [5.41, 5.74) is -1.59. The van der Waals surface area contributed by atoms with Crippen LogP contribution in [0.1, 0.15) is 30.9 Å². The van der Waals surface area contributed by atoms with E-state index >= 15 is 0 Å². The second-order valence-corrected chi connectivity index (χ2v) is 5.61. The Morgan fingerprint density at radius 1 is 1.19 bits per heavy atom. The highest BCUT2D eigenvalue weighted by molar-refractivity contribution is 5.87. The predicted molar refractivity (Wildman–Crippen MR) is 74.6 cm³/mol. The van der Waals surface area contributed by atoms with Crippen molar-refractivity contribution in [1.29, 1.82) is 5.26 Å². The topological polar surface area (TPSA) is 98.4 Å². The highest BCUT2D eigenvalue weighted by Gasteiger charge is 2.49. The van der Waals surface area contributed by atoms with Gasteiger partial charge in [0.15, 0.2) is 0 Å². The number of allylic oxidation sites excluding steroid dienone is 1. The van der Waals surface area contributed by atoms with Gasteiger partial charge in [-0.3, -0.25) is 9.59 Å². The molecule has 0 bridgehead atoms. The zero-order valence-corrected chi connectivity index (χ0v) is 11.5. The van der Waals surface area contributed by atoms with Gasteiger partial charge < -0.3 is 10.2 Å². The molecule has 21 heavy (non-hydrogen) atoms. The Balaban J connectivity index is 2.54. The summed E-state index contributed by atoms with van der Waals surface area (Å²) in [5.74, 6) is -2.10. The molecule has 1 aliphatic rings. The molecule has 0 spiro atoms. The lowest BCUT2D eigenvalue weighted by atomic mass is 9.63. The monoisotopic (exact) mass is 285 g/mol. The van der Waals surface area contributed by atoms with Gasteiger partial charge in [-0.15, -0.1) is 0 Å². The molecule has 0 saturated heterocycles. The van der Waals surface area contributed by atoms with Crippen molar-refractivity contribution in [3.05, 3.63) is 47.5 Å². The van der Waals surface area contributed by atoms with Gasteiger partial charge >= 0.3 is 11.9 Å². The fourth-order valence-electron chi connectivity index (χ4n) is 2.74. The number of carboxylic acid groups (broad SMARTS) is 2. The van der Waals surface area contributed by atoms with Gasteiger partial charge in [-0.2, -0.15) is 5.26 Å². The lowest BCUT2D eigenvalue weighted by molar-refractivity contribution is -0.152. The molecule has 2 N–H and O–H groups in total. The molecule has 5 nitrogen and oxygen atoms in total. The van der Waals surface area contributed by atoms with Gasteiger partial charge in [-0.25, -0.2) is 0 Å². The van der Waals surface area contributed by atoms with Crippen LogP contribution in [-0.2, 0) is 15.0 Å². The number of nitrogens with zero attached hydrogens (tertiary/aromatic N) is 1. The summed E-state index contributed by atoms with van der Waals surface area (Å²) >= 11 is 0. The quantitative estimate of drug-likeness (QED) is 0.830. The van der Waals surface area contributed by atoms with E-state index < -0.39 is 22.8 Å². The van der Waals surface area contributed by atoms with Crippen molar-refractivity contribution in [1.82, 2.24) is 0 Å². The minimum absolute atomic E-state index is 0.0208. The normalized spacial score (nSPS) is 27.8. The molecule has 1 aliphatic carbocycles. The van der Waals surface area contributed by atoms with E-state index in [2.05, 4.69) is 0 Å². The van der Waals surface area contributed by atoms with Crippen LogP contribution in [0.3, 0.4) is 0 Å². The smallest absolute Gasteiger partial charge is 0.318 e. The average Bonchev–Trinajstić information content (AvgIpc) is 2.47. The van der Waals surface area contributed by atoms with Gasteiger partial charge in [0.05, 0.1) is 17.0 Å². The summed E-state index contributed by atoms with van der Waals surface area (Å²) in [7, 11) is 0. The molecule has 0 saturated carbocycles. The Labute approximate surface area is 122 Å². The number of aliphatic carboxylic acids is 2. The highest BCUT2D eigenvalue weighted by Crippen LogP contribution is 2.44. The van der Waals surface area contributed by atoms with E-state index in [9.17, 15) is 19.8 Å². The van der Waals surface area contributed by atoms with E-state index in [1.807, 2.05) is 6.07 Å². The third-order valence-electron chi connectivity index (χ3n) is 4.07. The second-order valence-electron chi connectivity index (χ2n) is 5.61. The number of benzene rings is 1. The molecule has 1 aromatic carbocycles. The number of hydrogen-bond donors (Lipinski definition) is 2. The molecule has 0 amide bonds. The molecule has 0 aromatic heterocycles. The lowest BCUT2D eigenvalue weighted by Gasteiger charge is -2.38. The SMILES string of the molecule is CC1(C(=O)O)CC=CC(C(=O)O)(c2ccc(C#N)cc2)C1. The van der Waals surface area contributed by atoms with E-state index in [4.69, 9.17) is 5.26 Å². The lowest BCUT2D eigenvalue weighted by Crippen LogP contribution is -2.44. The number of carbonyl (C=O) groups is 2. The maximum absolute atomic E-state index is 11.8. The van der Waals surface area contributed by atoms with Gasteiger partial charge in [0, 0.05) is 0 Å². The summed E-state index contributed by atoms with van der Waals surface area (Å²) in [6, 6.07) is 8.21. The van der Waals surface area contributed by atoms with E-state index in [0.29, 0.717) is 17.5 Å². The molecule has 108 valence electrons. The Morgan fingerprint density at radius 2 is 1.81 bits per heavy atom. The van der Waals surface area contributed by atoms with Gasteiger partial charge in [-0.1, -0.05) is 24.3 Å². The number of nitriles is 1. The Bertz CT molecular complexity index is 656.